The molecule has 2 rings (SSSR count). The van der Waals surface area contributed by atoms with Crippen LogP contribution in [0.3, 0.4) is 0 Å². The Balaban J connectivity index is 1.89. The van der Waals surface area contributed by atoms with Crippen molar-refractivity contribution < 1.29 is 40.7 Å². The Bertz CT molecular complexity index is 776. The molecular formula is C15H16F3NO6S. The van der Waals surface area contributed by atoms with Crippen LogP contribution in [-0.2, 0) is 19.4 Å². The van der Waals surface area contributed by atoms with Gasteiger partial charge in [-0.25, -0.2) is 13.2 Å². The van der Waals surface area contributed by atoms with Crippen LogP contribution in [0, 0.1) is 0 Å². The summed E-state index contributed by atoms with van der Waals surface area (Å²) in [6.07, 6.45) is -5.76. The third-order valence-corrected chi connectivity index (χ3v) is 5.32. The van der Waals surface area contributed by atoms with E-state index in [2.05, 4.69) is 10.1 Å². The zero-order valence-electron chi connectivity index (χ0n) is 13.6. The normalized spacial score (nSPS) is 20.2. The Morgan fingerprint density at radius 1 is 1.23 bits per heavy atom. The average Bonchev–Trinajstić information content (AvgIpc) is 2.85. The van der Waals surface area contributed by atoms with Gasteiger partial charge in [0.05, 0.1) is 17.1 Å². The Labute approximate surface area is 147 Å². The number of hydrogen-bond donors (Lipinski definition) is 1. The minimum atomic E-state index is -4.84. The van der Waals surface area contributed by atoms with Crippen LogP contribution < -0.4 is 10.1 Å². The van der Waals surface area contributed by atoms with Gasteiger partial charge in [0.2, 0.25) is 0 Å². The molecule has 0 bridgehead atoms. The summed E-state index contributed by atoms with van der Waals surface area (Å²) in [6.45, 7) is 1.30. The number of esters is 1. The lowest BCUT2D eigenvalue weighted by molar-refractivity contribution is -0.274. The van der Waals surface area contributed by atoms with Crippen LogP contribution in [0.1, 0.15) is 23.7 Å². The SMILES string of the molecule is C[C@H](OC(=O)c1ccc(OC(F)(F)F)cc1)C(=O)N[C@@H]1CCS(=O)(=O)C1. The van der Waals surface area contributed by atoms with Crippen LogP contribution in [0.15, 0.2) is 24.3 Å². The number of carbonyl (C=O) groups is 2. The van der Waals surface area contributed by atoms with Gasteiger partial charge in [-0.3, -0.25) is 4.79 Å². The summed E-state index contributed by atoms with van der Waals surface area (Å²) in [5.74, 6) is -2.25. The van der Waals surface area contributed by atoms with Crippen molar-refractivity contribution in [3.8, 4) is 5.75 Å². The lowest BCUT2D eigenvalue weighted by Crippen LogP contribution is -2.42. The number of hydrogen-bond acceptors (Lipinski definition) is 6. The molecular weight excluding hydrogens is 379 g/mol. The van der Waals surface area contributed by atoms with E-state index in [9.17, 15) is 31.2 Å². The Morgan fingerprint density at radius 3 is 2.35 bits per heavy atom. The van der Waals surface area contributed by atoms with Gasteiger partial charge in [0.15, 0.2) is 15.9 Å². The van der Waals surface area contributed by atoms with E-state index in [0.29, 0.717) is 0 Å². The van der Waals surface area contributed by atoms with Gasteiger partial charge in [-0.15, -0.1) is 13.2 Å². The van der Waals surface area contributed by atoms with Gasteiger partial charge in [-0.1, -0.05) is 0 Å². The first kappa shape index (κ1) is 20.0. The van der Waals surface area contributed by atoms with E-state index in [1.54, 1.807) is 0 Å². The molecule has 0 aliphatic carbocycles. The van der Waals surface area contributed by atoms with E-state index in [-0.39, 0.29) is 23.5 Å². The molecule has 0 unspecified atom stereocenters. The van der Waals surface area contributed by atoms with Gasteiger partial charge in [-0.05, 0) is 37.6 Å². The van der Waals surface area contributed by atoms with E-state index >= 15 is 0 Å². The molecule has 2 atom stereocenters. The number of benzene rings is 1. The molecule has 1 aromatic carbocycles. The number of carbonyl (C=O) groups excluding carboxylic acids is 2. The van der Waals surface area contributed by atoms with E-state index in [1.807, 2.05) is 0 Å². The third kappa shape index (κ3) is 5.90. The van der Waals surface area contributed by atoms with Crippen molar-refractivity contribution in [2.45, 2.75) is 31.9 Å². The van der Waals surface area contributed by atoms with Gasteiger partial charge in [0, 0.05) is 6.04 Å². The zero-order valence-corrected chi connectivity index (χ0v) is 14.4. The minimum Gasteiger partial charge on any atom is -0.449 e. The molecule has 1 aliphatic rings. The summed E-state index contributed by atoms with van der Waals surface area (Å²) >= 11 is 0. The van der Waals surface area contributed by atoms with Crippen LogP contribution in [0.2, 0.25) is 0 Å². The molecule has 1 saturated heterocycles. The summed E-state index contributed by atoms with van der Waals surface area (Å²) in [5.41, 5.74) is -0.0670. The minimum absolute atomic E-state index is 0.0154. The van der Waals surface area contributed by atoms with Gasteiger partial charge in [0.25, 0.3) is 5.91 Å². The van der Waals surface area contributed by atoms with Crippen LogP contribution in [0.4, 0.5) is 13.2 Å². The second kappa shape index (κ2) is 7.52. The first-order valence-electron chi connectivity index (χ1n) is 7.53. The fourth-order valence-corrected chi connectivity index (χ4v) is 3.98. The zero-order chi connectivity index (χ0) is 19.5. The van der Waals surface area contributed by atoms with E-state index < -0.39 is 46.0 Å². The summed E-state index contributed by atoms with van der Waals surface area (Å²) in [7, 11) is -3.16. The molecule has 144 valence electrons. The molecule has 11 heteroatoms. The van der Waals surface area contributed by atoms with E-state index in [1.165, 1.54) is 6.92 Å². The standard InChI is InChI=1S/C15H16F3NO6S/c1-9(13(20)19-11-6-7-26(22,23)8-11)24-14(21)10-2-4-12(5-3-10)25-15(16,17)18/h2-5,9,11H,6-8H2,1H3,(H,19,20)/t9-,11+/m0/s1. The van der Waals surface area contributed by atoms with Crippen molar-refractivity contribution in [2.75, 3.05) is 11.5 Å². The first-order valence-corrected chi connectivity index (χ1v) is 9.35. The Kier molecular flexibility index (Phi) is 5.79. The molecule has 1 aromatic rings. The number of halogens is 3. The molecule has 0 radical (unpaired) electrons. The van der Waals surface area contributed by atoms with Crippen LogP contribution in [0.5, 0.6) is 5.75 Å². The Morgan fingerprint density at radius 2 is 1.85 bits per heavy atom. The number of ether oxygens (including phenoxy) is 2. The van der Waals surface area contributed by atoms with Crippen molar-refractivity contribution in [3.63, 3.8) is 0 Å². The summed E-state index contributed by atoms with van der Waals surface area (Å²) in [5, 5.41) is 2.49. The Hall–Kier alpha value is -2.30. The predicted octanol–water partition coefficient (Wildman–Crippen LogP) is 1.43. The third-order valence-electron chi connectivity index (χ3n) is 3.56. The molecule has 0 spiro atoms. The van der Waals surface area contributed by atoms with Crippen LogP contribution >= 0.6 is 0 Å². The number of alkyl halides is 3. The summed E-state index contributed by atoms with van der Waals surface area (Å²) in [6, 6.07) is 3.48. The lowest BCUT2D eigenvalue weighted by atomic mass is 10.2. The molecule has 1 amide bonds. The highest BCUT2D eigenvalue weighted by Crippen LogP contribution is 2.23. The molecule has 1 N–H and O–H groups in total. The second-order valence-electron chi connectivity index (χ2n) is 5.73. The lowest BCUT2D eigenvalue weighted by Gasteiger charge is -2.16. The topological polar surface area (TPSA) is 98.8 Å². The van der Waals surface area contributed by atoms with E-state index in [0.717, 1.165) is 24.3 Å². The summed E-state index contributed by atoms with van der Waals surface area (Å²) < 4.78 is 67.6. The highest BCUT2D eigenvalue weighted by atomic mass is 32.2. The van der Waals surface area contributed by atoms with Crippen molar-refractivity contribution in [3.05, 3.63) is 29.8 Å². The number of sulfone groups is 1. The average molecular weight is 395 g/mol. The van der Waals surface area contributed by atoms with Crippen molar-refractivity contribution in [1.82, 2.24) is 5.32 Å². The van der Waals surface area contributed by atoms with Crippen LogP contribution in [0.25, 0.3) is 0 Å². The smallest absolute Gasteiger partial charge is 0.449 e. The second-order valence-corrected chi connectivity index (χ2v) is 7.96. The highest BCUT2D eigenvalue weighted by Gasteiger charge is 2.32. The van der Waals surface area contributed by atoms with Gasteiger partial charge < -0.3 is 14.8 Å². The van der Waals surface area contributed by atoms with Gasteiger partial charge >= 0.3 is 12.3 Å². The maximum Gasteiger partial charge on any atom is 0.573 e. The fraction of sp³-hybridized carbons (Fsp3) is 0.467. The highest BCUT2D eigenvalue weighted by molar-refractivity contribution is 7.91. The molecule has 26 heavy (non-hydrogen) atoms. The van der Waals surface area contributed by atoms with Gasteiger partial charge in [0.1, 0.15) is 5.75 Å². The van der Waals surface area contributed by atoms with Crippen LogP contribution in [-0.4, -0.2) is 50.3 Å². The number of amides is 1. The predicted molar refractivity (Wildman–Crippen MR) is 83.2 cm³/mol. The molecule has 1 heterocycles. The van der Waals surface area contributed by atoms with E-state index in [4.69, 9.17) is 4.74 Å². The molecule has 0 saturated carbocycles. The fourth-order valence-electron chi connectivity index (χ4n) is 2.30. The quantitative estimate of drug-likeness (QED) is 0.758. The number of nitrogens with one attached hydrogen (secondary N) is 1. The van der Waals surface area contributed by atoms with Gasteiger partial charge in [-0.2, -0.15) is 0 Å². The molecule has 1 aliphatic heterocycles. The largest absolute Gasteiger partial charge is 0.573 e. The van der Waals surface area contributed by atoms with Crippen molar-refractivity contribution in [2.24, 2.45) is 0 Å². The first-order chi connectivity index (χ1) is 12.0. The monoisotopic (exact) mass is 395 g/mol. The molecule has 7 nitrogen and oxygen atoms in total. The molecule has 0 aromatic heterocycles. The summed E-state index contributed by atoms with van der Waals surface area (Å²) in [4.78, 5) is 23.9. The van der Waals surface area contributed by atoms with Crippen molar-refractivity contribution in [1.29, 1.82) is 0 Å². The maximum absolute atomic E-state index is 12.1. The maximum atomic E-state index is 12.1. The molecule has 1 fully saturated rings. The van der Waals surface area contributed by atoms with Crippen molar-refractivity contribution >= 4 is 21.7 Å². The number of rotatable bonds is 5.